The maximum absolute atomic E-state index is 13.7. The molecule has 16 N–H and O–H groups in total. The Balaban J connectivity index is 2.18. The molecule has 0 spiro atoms. The van der Waals surface area contributed by atoms with Crippen LogP contribution in [0.4, 0.5) is 0 Å². The third-order valence-corrected chi connectivity index (χ3v) is 7.93. The Morgan fingerprint density at radius 2 is 1.31 bits per heavy atom. The van der Waals surface area contributed by atoms with Crippen molar-refractivity contribution in [3.8, 4) is 5.75 Å². The lowest BCUT2D eigenvalue weighted by atomic mass is 10.0. The lowest BCUT2D eigenvalue weighted by Crippen LogP contribution is -2.58. The molecule has 1 aromatic carbocycles. The van der Waals surface area contributed by atoms with Gasteiger partial charge in [0.15, 0.2) is 11.9 Å². The first-order chi connectivity index (χ1) is 23.3. The Kier molecular flexibility index (Phi) is 17.1. The second-order valence-corrected chi connectivity index (χ2v) is 11.9. The Labute approximate surface area is 285 Å². The summed E-state index contributed by atoms with van der Waals surface area (Å²) in [5.74, 6) is -3.00. The highest BCUT2D eigenvalue weighted by Crippen LogP contribution is 2.20. The summed E-state index contributed by atoms with van der Waals surface area (Å²) in [5.41, 5.74) is 33.4. The number of likely N-dealkylation sites (tertiary alicyclic amines) is 1. The van der Waals surface area contributed by atoms with Gasteiger partial charge in [-0.2, -0.15) is 0 Å². The zero-order chi connectivity index (χ0) is 36.3. The van der Waals surface area contributed by atoms with Gasteiger partial charge in [0, 0.05) is 19.6 Å². The Morgan fingerprint density at radius 3 is 1.86 bits per heavy atom. The molecule has 1 saturated heterocycles. The summed E-state index contributed by atoms with van der Waals surface area (Å²) in [6.45, 7) is 1.14. The highest BCUT2D eigenvalue weighted by Gasteiger charge is 2.36. The van der Waals surface area contributed by atoms with E-state index in [0.717, 1.165) is 0 Å². The van der Waals surface area contributed by atoms with E-state index in [1.54, 1.807) is 12.1 Å². The molecule has 3 unspecified atom stereocenters. The molecule has 1 aromatic rings. The van der Waals surface area contributed by atoms with Crippen LogP contribution in [0.25, 0.3) is 0 Å². The number of nitrogens with zero attached hydrogens (tertiary/aromatic N) is 3. The number of phenolic OH excluding ortho intramolecular Hbond substituents is 1. The lowest BCUT2D eigenvalue weighted by Gasteiger charge is -2.28. The predicted molar refractivity (Wildman–Crippen MR) is 184 cm³/mol. The number of carbonyl (C=O) groups excluding carboxylic acids is 5. The lowest BCUT2D eigenvalue weighted by molar-refractivity contribution is -0.139. The van der Waals surface area contributed by atoms with Crippen molar-refractivity contribution in [1.29, 1.82) is 0 Å². The van der Waals surface area contributed by atoms with E-state index in [1.165, 1.54) is 17.0 Å². The van der Waals surface area contributed by atoms with E-state index in [1.807, 2.05) is 0 Å². The molecule has 1 fully saturated rings. The number of benzene rings is 1. The van der Waals surface area contributed by atoms with Crippen LogP contribution in [0.15, 0.2) is 34.3 Å². The number of unbranched alkanes of at least 4 members (excludes halogenated alkanes) is 1. The number of primary amides is 1. The van der Waals surface area contributed by atoms with Crippen molar-refractivity contribution in [2.75, 3.05) is 26.2 Å². The van der Waals surface area contributed by atoms with E-state index in [4.69, 9.17) is 34.4 Å². The number of nitrogens with two attached hydrogens (primary N) is 6. The topological polar surface area (TPSA) is 326 Å². The summed E-state index contributed by atoms with van der Waals surface area (Å²) >= 11 is 0. The number of rotatable bonds is 21. The van der Waals surface area contributed by atoms with Gasteiger partial charge in [0.2, 0.25) is 29.5 Å². The molecule has 0 saturated carbocycles. The number of guanidine groups is 2. The minimum absolute atomic E-state index is 0.0434. The summed E-state index contributed by atoms with van der Waals surface area (Å²) in [7, 11) is 0. The average molecular weight is 689 g/mol. The molecule has 18 nitrogen and oxygen atoms in total. The van der Waals surface area contributed by atoms with Gasteiger partial charge in [-0.3, -0.25) is 34.0 Å². The van der Waals surface area contributed by atoms with Gasteiger partial charge < -0.3 is 60.4 Å². The molecular weight excluding hydrogens is 636 g/mol. The van der Waals surface area contributed by atoms with Gasteiger partial charge in [-0.1, -0.05) is 12.1 Å². The van der Waals surface area contributed by atoms with Crippen LogP contribution in [-0.2, 0) is 30.4 Å². The molecule has 0 radical (unpaired) electrons. The van der Waals surface area contributed by atoms with Crippen molar-refractivity contribution in [1.82, 2.24) is 20.9 Å². The SMILES string of the molecule is NCCCCC(NC(=O)[C@@H]1CCCN1C(=O)Cc1ccc(O)cc1)C(=O)NC(CCCN=C(N)N)C(=O)NC(CCCN=C(N)N)C(N)=O. The van der Waals surface area contributed by atoms with E-state index in [9.17, 15) is 29.1 Å². The normalized spacial score (nSPS) is 15.7. The Hall–Kier alpha value is -5.13. The molecule has 2 rings (SSSR count). The van der Waals surface area contributed by atoms with Crippen LogP contribution in [0, 0.1) is 0 Å². The van der Waals surface area contributed by atoms with Crippen molar-refractivity contribution >= 4 is 41.5 Å². The Bertz CT molecular complexity index is 1310. The molecule has 272 valence electrons. The fourth-order valence-electron chi connectivity index (χ4n) is 5.36. The second-order valence-electron chi connectivity index (χ2n) is 11.9. The quantitative estimate of drug-likeness (QED) is 0.0355. The molecule has 1 heterocycles. The van der Waals surface area contributed by atoms with Crippen LogP contribution in [0.1, 0.15) is 63.4 Å². The van der Waals surface area contributed by atoms with Gasteiger partial charge in [0.25, 0.3) is 0 Å². The molecule has 1 aliphatic heterocycles. The number of hydrogen-bond donors (Lipinski definition) is 10. The van der Waals surface area contributed by atoms with Crippen LogP contribution in [-0.4, -0.2) is 102 Å². The summed E-state index contributed by atoms with van der Waals surface area (Å²) in [6, 6.07) is 2.21. The van der Waals surface area contributed by atoms with Gasteiger partial charge in [0.1, 0.15) is 29.9 Å². The second kappa shape index (κ2) is 21.0. The largest absolute Gasteiger partial charge is 0.508 e. The fraction of sp³-hybridized carbons (Fsp3) is 0.581. The van der Waals surface area contributed by atoms with Crippen LogP contribution >= 0.6 is 0 Å². The minimum Gasteiger partial charge on any atom is -0.508 e. The molecule has 4 atom stereocenters. The maximum Gasteiger partial charge on any atom is 0.243 e. The van der Waals surface area contributed by atoms with E-state index < -0.39 is 47.8 Å². The van der Waals surface area contributed by atoms with Gasteiger partial charge in [-0.15, -0.1) is 0 Å². The zero-order valence-corrected chi connectivity index (χ0v) is 27.8. The number of aliphatic imine (C=N–C) groups is 2. The molecule has 0 bridgehead atoms. The molecule has 0 aliphatic carbocycles. The van der Waals surface area contributed by atoms with E-state index in [-0.39, 0.29) is 62.3 Å². The number of carbonyl (C=O) groups is 5. The van der Waals surface area contributed by atoms with E-state index in [0.29, 0.717) is 57.2 Å². The van der Waals surface area contributed by atoms with Crippen LogP contribution < -0.4 is 50.4 Å². The van der Waals surface area contributed by atoms with E-state index in [2.05, 4.69) is 25.9 Å². The van der Waals surface area contributed by atoms with Crippen LogP contribution in [0.3, 0.4) is 0 Å². The monoisotopic (exact) mass is 688 g/mol. The molecule has 1 aliphatic rings. The van der Waals surface area contributed by atoms with E-state index >= 15 is 0 Å². The number of aromatic hydroxyl groups is 1. The number of hydrogen-bond acceptors (Lipinski definition) is 9. The number of phenols is 1. The fourth-order valence-corrected chi connectivity index (χ4v) is 5.36. The van der Waals surface area contributed by atoms with Crippen LogP contribution in [0.5, 0.6) is 5.75 Å². The highest BCUT2D eigenvalue weighted by atomic mass is 16.3. The van der Waals surface area contributed by atoms with Gasteiger partial charge in [0.05, 0.1) is 6.42 Å². The summed E-state index contributed by atoms with van der Waals surface area (Å²) in [6.07, 6.45) is 3.26. The number of amides is 5. The zero-order valence-electron chi connectivity index (χ0n) is 27.8. The van der Waals surface area contributed by atoms with Crippen molar-refractivity contribution in [3.05, 3.63) is 29.8 Å². The first-order valence-corrected chi connectivity index (χ1v) is 16.4. The van der Waals surface area contributed by atoms with Crippen molar-refractivity contribution in [2.45, 2.75) is 88.4 Å². The summed E-state index contributed by atoms with van der Waals surface area (Å²) in [4.78, 5) is 75.2. The van der Waals surface area contributed by atoms with Gasteiger partial charge >= 0.3 is 0 Å². The average Bonchev–Trinajstić information content (AvgIpc) is 3.54. The third kappa shape index (κ3) is 14.7. The van der Waals surface area contributed by atoms with Crippen molar-refractivity contribution in [3.63, 3.8) is 0 Å². The summed E-state index contributed by atoms with van der Waals surface area (Å²) < 4.78 is 0. The third-order valence-electron chi connectivity index (χ3n) is 7.93. The van der Waals surface area contributed by atoms with Gasteiger partial charge in [-0.25, -0.2) is 0 Å². The molecule has 49 heavy (non-hydrogen) atoms. The van der Waals surface area contributed by atoms with Gasteiger partial charge in [-0.05, 0) is 82.0 Å². The van der Waals surface area contributed by atoms with Crippen LogP contribution in [0.2, 0.25) is 0 Å². The smallest absolute Gasteiger partial charge is 0.243 e. The highest BCUT2D eigenvalue weighted by molar-refractivity contribution is 5.95. The number of nitrogens with one attached hydrogen (secondary N) is 3. The standard InChI is InChI=1S/C31H52N12O6/c32-14-2-1-6-22(42-29(49)24-9-5-17-43(24)25(45)18-19-10-12-20(44)13-11-19)28(48)41-23(8-4-16-39-31(36)37)27(47)40-21(26(33)46)7-3-15-38-30(34)35/h10-13,21-24,44H,1-9,14-18,32H2,(H2,33,46)(H,40,47)(H,41,48)(H,42,49)(H4,34,35,38)(H4,36,37,39)/t21?,22?,23?,24-/m0/s1. The molecule has 0 aromatic heterocycles. The first-order valence-electron chi connectivity index (χ1n) is 16.4. The summed E-state index contributed by atoms with van der Waals surface area (Å²) in [5, 5.41) is 17.6. The molecular formula is C31H52N12O6. The maximum atomic E-state index is 13.7. The van der Waals surface area contributed by atoms with Crippen molar-refractivity contribution < 1.29 is 29.1 Å². The Morgan fingerprint density at radius 1 is 0.776 bits per heavy atom. The predicted octanol–water partition coefficient (Wildman–Crippen LogP) is -2.90. The van der Waals surface area contributed by atoms with Crippen molar-refractivity contribution in [2.24, 2.45) is 44.4 Å². The molecule has 5 amide bonds. The molecule has 18 heteroatoms. The minimum atomic E-state index is -1.13. The first kappa shape index (κ1) is 40.0.